The highest BCUT2D eigenvalue weighted by atomic mass is 35.5. The number of esters is 1. The second kappa shape index (κ2) is 7.05. The highest BCUT2D eigenvalue weighted by Gasteiger charge is 2.41. The van der Waals surface area contributed by atoms with E-state index in [-0.39, 0.29) is 17.9 Å². The SMILES string of the molecule is CCOC(=O)[C@H]1[C@H](c2ccccc2)CCN1c1ccc(Cl)cc1. The van der Waals surface area contributed by atoms with Crippen LogP contribution in [-0.4, -0.2) is 25.2 Å². The smallest absolute Gasteiger partial charge is 0.329 e. The first-order valence-electron chi connectivity index (χ1n) is 7.94. The highest BCUT2D eigenvalue weighted by Crippen LogP contribution is 2.37. The van der Waals surface area contributed by atoms with Crippen LogP contribution in [0.3, 0.4) is 0 Å². The molecule has 0 bridgehead atoms. The molecule has 0 N–H and O–H groups in total. The Hall–Kier alpha value is -2.00. The van der Waals surface area contributed by atoms with Crippen molar-refractivity contribution in [3.8, 4) is 0 Å². The molecule has 0 radical (unpaired) electrons. The highest BCUT2D eigenvalue weighted by molar-refractivity contribution is 6.30. The molecule has 0 unspecified atom stereocenters. The zero-order chi connectivity index (χ0) is 16.2. The molecule has 2 aromatic rings. The summed E-state index contributed by atoms with van der Waals surface area (Å²) in [4.78, 5) is 14.7. The zero-order valence-corrected chi connectivity index (χ0v) is 13.9. The zero-order valence-electron chi connectivity index (χ0n) is 13.1. The van der Waals surface area contributed by atoms with E-state index in [4.69, 9.17) is 16.3 Å². The summed E-state index contributed by atoms with van der Waals surface area (Å²) in [6, 6.07) is 17.5. The van der Waals surface area contributed by atoms with E-state index >= 15 is 0 Å². The van der Waals surface area contributed by atoms with E-state index < -0.39 is 0 Å². The maximum atomic E-state index is 12.6. The number of halogens is 1. The molecule has 23 heavy (non-hydrogen) atoms. The van der Waals surface area contributed by atoms with Crippen LogP contribution in [0.5, 0.6) is 0 Å². The molecule has 120 valence electrons. The second-order valence-electron chi connectivity index (χ2n) is 5.67. The Morgan fingerprint density at radius 1 is 1.17 bits per heavy atom. The second-order valence-corrected chi connectivity index (χ2v) is 6.11. The van der Waals surface area contributed by atoms with Gasteiger partial charge in [-0.1, -0.05) is 41.9 Å². The molecular weight excluding hydrogens is 310 g/mol. The van der Waals surface area contributed by atoms with Gasteiger partial charge in [-0.25, -0.2) is 4.79 Å². The summed E-state index contributed by atoms with van der Waals surface area (Å²) in [6.45, 7) is 3.06. The van der Waals surface area contributed by atoms with Crippen LogP contribution >= 0.6 is 11.6 Å². The van der Waals surface area contributed by atoms with Crippen molar-refractivity contribution < 1.29 is 9.53 Å². The third kappa shape index (κ3) is 3.35. The van der Waals surface area contributed by atoms with E-state index in [0.717, 1.165) is 18.7 Å². The lowest BCUT2D eigenvalue weighted by Crippen LogP contribution is -2.40. The van der Waals surface area contributed by atoms with Crippen LogP contribution in [0.1, 0.15) is 24.8 Å². The third-order valence-corrected chi connectivity index (χ3v) is 4.56. The fourth-order valence-electron chi connectivity index (χ4n) is 3.28. The molecule has 0 spiro atoms. The molecule has 1 aliphatic heterocycles. The molecule has 3 rings (SSSR count). The van der Waals surface area contributed by atoms with Crippen LogP contribution in [0.4, 0.5) is 5.69 Å². The number of rotatable bonds is 4. The van der Waals surface area contributed by atoms with Gasteiger partial charge < -0.3 is 9.64 Å². The Morgan fingerprint density at radius 3 is 2.52 bits per heavy atom. The van der Waals surface area contributed by atoms with Crippen molar-refractivity contribution >= 4 is 23.3 Å². The molecule has 2 aromatic carbocycles. The minimum atomic E-state index is -0.293. The molecule has 0 amide bonds. The van der Waals surface area contributed by atoms with Gasteiger partial charge in [0.2, 0.25) is 0 Å². The van der Waals surface area contributed by atoms with Crippen molar-refractivity contribution in [2.45, 2.75) is 25.3 Å². The molecule has 4 heteroatoms. The van der Waals surface area contributed by atoms with Crippen LogP contribution in [-0.2, 0) is 9.53 Å². The molecule has 1 heterocycles. The lowest BCUT2D eigenvalue weighted by Gasteiger charge is -2.28. The van der Waals surface area contributed by atoms with Gasteiger partial charge in [-0.05, 0) is 43.2 Å². The number of ether oxygens (including phenoxy) is 1. The molecule has 0 aliphatic carbocycles. The molecule has 2 atom stereocenters. The molecule has 1 aliphatic rings. The topological polar surface area (TPSA) is 29.5 Å². The quantitative estimate of drug-likeness (QED) is 0.785. The summed E-state index contributed by atoms with van der Waals surface area (Å²) >= 11 is 5.98. The van der Waals surface area contributed by atoms with E-state index in [1.165, 1.54) is 5.56 Å². The minimum Gasteiger partial charge on any atom is -0.464 e. The molecule has 0 saturated carbocycles. The average Bonchev–Trinajstić information content (AvgIpc) is 3.01. The van der Waals surface area contributed by atoms with Crippen LogP contribution in [0.25, 0.3) is 0 Å². The number of hydrogen-bond acceptors (Lipinski definition) is 3. The van der Waals surface area contributed by atoms with E-state index in [9.17, 15) is 4.79 Å². The Morgan fingerprint density at radius 2 is 1.87 bits per heavy atom. The van der Waals surface area contributed by atoms with Gasteiger partial charge in [0, 0.05) is 23.2 Å². The largest absolute Gasteiger partial charge is 0.464 e. The summed E-state index contributed by atoms with van der Waals surface area (Å²) in [7, 11) is 0. The van der Waals surface area contributed by atoms with Crippen molar-refractivity contribution in [2.24, 2.45) is 0 Å². The number of anilines is 1. The Labute approximate surface area is 141 Å². The molecule has 0 aromatic heterocycles. The van der Waals surface area contributed by atoms with Crippen molar-refractivity contribution in [3.05, 3.63) is 65.2 Å². The van der Waals surface area contributed by atoms with Crippen LogP contribution in [0.2, 0.25) is 5.02 Å². The first-order chi connectivity index (χ1) is 11.2. The van der Waals surface area contributed by atoms with Gasteiger partial charge >= 0.3 is 5.97 Å². The summed E-state index contributed by atoms with van der Waals surface area (Å²) in [5.74, 6) is -0.0141. The first-order valence-corrected chi connectivity index (χ1v) is 8.32. The summed E-state index contributed by atoms with van der Waals surface area (Å²) in [5, 5.41) is 0.695. The predicted molar refractivity (Wildman–Crippen MR) is 93.0 cm³/mol. The van der Waals surface area contributed by atoms with E-state index in [2.05, 4.69) is 17.0 Å². The molecular formula is C19H20ClNO2. The van der Waals surface area contributed by atoms with Crippen LogP contribution in [0.15, 0.2) is 54.6 Å². The van der Waals surface area contributed by atoms with Gasteiger partial charge in [0.25, 0.3) is 0 Å². The van der Waals surface area contributed by atoms with Crippen molar-refractivity contribution in [3.63, 3.8) is 0 Å². The summed E-state index contributed by atoms with van der Waals surface area (Å²) in [6.07, 6.45) is 0.927. The number of carbonyl (C=O) groups excluding carboxylic acids is 1. The molecule has 1 saturated heterocycles. The van der Waals surface area contributed by atoms with Gasteiger partial charge in [-0.2, -0.15) is 0 Å². The van der Waals surface area contributed by atoms with Gasteiger partial charge in [0.1, 0.15) is 6.04 Å². The van der Waals surface area contributed by atoms with Crippen LogP contribution < -0.4 is 4.90 Å². The van der Waals surface area contributed by atoms with Gasteiger partial charge in [0.15, 0.2) is 0 Å². The fraction of sp³-hybridized carbons (Fsp3) is 0.316. The lowest BCUT2D eigenvalue weighted by atomic mass is 9.91. The van der Waals surface area contributed by atoms with Crippen molar-refractivity contribution in [1.29, 1.82) is 0 Å². The number of hydrogen-bond donors (Lipinski definition) is 0. The summed E-state index contributed by atoms with van der Waals surface area (Å²) in [5.41, 5.74) is 2.19. The normalized spacial score (nSPS) is 20.5. The van der Waals surface area contributed by atoms with Crippen LogP contribution in [0, 0.1) is 0 Å². The van der Waals surface area contributed by atoms with E-state index in [1.807, 2.05) is 49.4 Å². The summed E-state index contributed by atoms with van der Waals surface area (Å²) < 4.78 is 5.35. The maximum Gasteiger partial charge on any atom is 0.329 e. The van der Waals surface area contributed by atoms with E-state index in [0.29, 0.717) is 11.6 Å². The molecule has 1 fully saturated rings. The van der Waals surface area contributed by atoms with E-state index in [1.54, 1.807) is 0 Å². The lowest BCUT2D eigenvalue weighted by molar-refractivity contribution is -0.144. The number of nitrogens with zero attached hydrogens (tertiary/aromatic N) is 1. The monoisotopic (exact) mass is 329 g/mol. The van der Waals surface area contributed by atoms with Gasteiger partial charge in [0.05, 0.1) is 6.61 Å². The maximum absolute atomic E-state index is 12.6. The van der Waals surface area contributed by atoms with Gasteiger partial charge in [-0.15, -0.1) is 0 Å². The average molecular weight is 330 g/mol. The first kappa shape index (κ1) is 15.9. The fourth-order valence-corrected chi connectivity index (χ4v) is 3.41. The standard InChI is InChI=1S/C19H20ClNO2/c1-2-23-19(22)18-17(14-6-4-3-5-7-14)12-13-21(18)16-10-8-15(20)9-11-16/h3-11,17-18H,2,12-13H2,1H3/t17-,18+/m0/s1. The minimum absolute atomic E-state index is 0.144. The number of benzene rings is 2. The van der Waals surface area contributed by atoms with Crippen molar-refractivity contribution in [1.82, 2.24) is 0 Å². The van der Waals surface area contributed by atoms with Gasteiger partial charge in [-0.3, -0.25) is 0 Å². The number of carbonyl (C=O) groups is 1. The van der Waals surface area contributed by atoms with Crippen molar-refractivity contribution in [2.75, 3.05) is 18.1 Å². The predicted octanol–water partition coefficient (Wildman–Crippen LogP) is 4.27. The molecule has 3 nitrogen and oxygen atoms in total. The Balaban J connectivity index is 1.93. The Kier molecular flexibility index (Phi) is 4.87. The Bertz CT molecular complexity index is 657. The third-order valence-electron chi connectivity index (χ3n) is 4.31.